The van der Waals surface area contributed by atoms with Crippen molar-refractivity contribution in [1.29, 1.82) is 0 Å². The predicted molar refractivity (Wildman–Crippen MR) is 89.3 cm³/mol. The molecule has 4 nitrogen and oxygen atoms in total. The van der Waals surface area contributed by atoms with Crippen LogP contribution in [0.4, 0.5) is 0 Å². The van der Waals surface area contributed by atoms with Crippen LogP contribution in [0.3, 0.4) is 0 Å². The molecule has 0 unspecified atom stereocenters. The molecule has 3 fully saturated rings. The van der Waals surface area contributed by atoms with Crippen molar-refractivity contribution < 1.29 is 21.7 Å². The molecule has 0 spiro atoms. The van der Waals surface area contributed by atoms with Crippen molar-refractivity contribution in [2.45, 2.75) is 6.42 Å². The van der Waals surface area contributed by atoms with Gasteiger partial charge in [0.1, 0.15) is 0 Å². The quantitative estimate of drug-likeness (QED) is 0.653. The molecule has 23 heavy (non-hydrogen) atoms. The van der Waals surface area contributed by atoms with E-state index in [1.807, 2.05) is 12.1 Å². The number of amides is 1. The van der Waals surface area contributed by atoms with Crippen molar-refractivity contribution in [1.82, 2.24) is 10.2 Å². The van der Waals surface area contributed by atoms with Crippen LogP contribution in [0.5, 0.6) is 0 Å². The number of nitrogens with zero attached hydrogens (tertiary/aromatic N) is 2. The van der Waals surface area contributed by atoms with E-state index in [4.69, 9.17) is 23.2 Å². The van der Waals surface area contributed by atoms with Gasteiger partial charge < -0.3 is 22.2 Å². The van der Waals surface area contributed by atoms with Crippen LogP contribution < -0.4 is 17.7 Å². The maximum absolute atomic E-state index is 12.2. The molecule has 3 aliphatic rings. The smallest absolute Gasteiger partial charge is 0.275 e. The molecule has 128 valence electrons. The van der Waals surface area contributed by atoms with E-state index < -0.39 is 0 Å². The van der Waals surface area contributed by atoms with E-state index in [1.165, 1.54) is 0 Å². The number of fused-ring (bicyclic) bond motifs is 3. The number of carbonyl (C=O) groups is 1. The second-order valence-corrected chi connectivity index (χ2v) is 7.19. The average molecular weight is 379 g/mol. The summed E-state index contributed by atoms with van der Waals surface area (Å²) >= 11 is 12.0. The molecule has 1 amide bonds. The predicted octanol–water partition coefficient (Wildman–Crippen LogP) is -1.20. The van der Waals surface area contributed by atoms with Crippen molar-refractivity contribution in [3.05, 3.63) is 33.8 Å². The van der Waals surface area contributed by atoms with Gasteiger partial charge in [0.15, 0.2) is 6.54 Å². The maximum Gasteiger partial charge on any atom is 0.275 e. The number of hydrogen-bond donors (Lipinski definition) is 1. The van der Waals surface area contributed by atoms with Crippen molar-refractivity contribution in [2.75, 3.05) is 52.4 Å². The van der Waals surface area contributed by atoms with E-state index in [2.05, 4.69) is 10.2 Å². The largest absolute Gasteiger partial charge is 1.00 e. The van der Waals surface area contributed by atoms with E-state index in [9.17, 15) is 4.79 Å². The Labute approximate surface area is 153 Å². The number of piperazine rings is 3. The summed E-state index contributed by atoms with van der Waals surface area (Å²) in [4.78, 5) is 14.7. The summed E-state index contributed by atoms with van der Waals surface area (Å²) in [5, 5.41) is 4.34. The van der Waals surface area contributed by atoms with Crippen LogP contribution in [0.25, 0.3) is 0 Å². The highest BCUT2D eigenvalue weighted by Crippen LogP contribution is 2.21. The number of benzene rings is 1. The molecule has 3 saturated heterocycles. The fourth-order valence-corrected chi connectivity index (χ4v) is 3.89. The monoisotopic (exact) mass is 377 g/mol. The molecule has 0 aliphatic carbocycles. The second-order valence-electron chi connectivity index (χ2n) is 6.35. The first-order valence-corrected chi connectivity index (χ1v) is 8.60. The van der Waals surface area contributed by atoms with Gasteiger partial charge in [-0.1, -0.05) is 29.3 Å². The normalized spacial score (nSPS) is 25.7. The number of rotatable bonds is 5. The zero-order chi connectivity index (χ0) is 15.6. The fraction of sp³-hybridized carbons (Fsp3) is 0.562. The summed E-state index contributed by atoms with van der Waals surface area (Å²) in [5.74, 6) is 0.153. The third kappa shape index (κ3) is 4.74. The summed E-state index contributed by atoms with van der Waals surface area (Å²) in [6.45, 7) is 7.95. The van der Waals surface area contributed by atoms with Crippen LogP contribution in [0, 0.1) is 0 Å². The minimum atomic E-state index is 0. The van der Waals surface area contributed by atoms with Gasteiger partial charge in [-0.25, -0.2) is 0 Å². The third-order valence-electron chi connectivity index (χ3n) is 4.88. The Morgan fingerprint density at radius 1 is 1.17 bits per heavy atom. The minimum Gasteiger partial charge on any atom is -1.00 e. The number of carbonyl (C=O) groups excluding carboxylic acids is 1. The second kappa shape index (κ2) is 8.04. The molecule has 7 heteroatoms. The van der Waals surface area contributed by atoms with Crippen LogP contribution in [-0.4, -0.2) is 67.6 Å². The number of hydrogen-bond acceptors (Lipinski definition) is 2. The van der Waals surface area contributed by atoms with E-state index >= 15 is 0 Å². The van der Waals surface area contributed by atoms with Crippen molar-refractivity contribution in [3.63, 3.8) is 0 Å². The van der Waals surface area contributed by atoms with Gasteiger partial charge in [0.2, 0.25) is 0 Å². The molecular formula is C16H22Cl3N3O. The van der Waals surface area contributed by atoms with E-state index in [-0.39, 0.29) is 18.3 Å². The Balaban J connectivity index is 0.00000192. The molecule has 0 aromatic heterocycles. The molecule has 0 atom stereocenters. The molecule has 2 bridgehead atoms. The van der Waals surface area contributed by atoms with Gasteiger partial charge >= 0.3 is 0 Å². The topological polar surface area (TPSA) is 32.3 Å². The minimum absolute atomic E-state index is 0. The Kier molecular flexibility index (Phi) is 6.57. The highest BCUT2D eigenvalue weighted by molar-refractivity contribution is 6.35. The highest BCUT2D eigenvalue weighted by atomic mass is 35.5. The molecule has 1 aromatic rings. The van der Waals surface area contributed by atoms with Crippen molar-refractivity contribution in [3.8, 4) is 0 Å². The number of halogens is 3. The molecular weight excluding hydrogens is 357 g/mol. The summed E-state index contributed by atoms with van der Waals surface area (Å²) in [5.41, 5.74) is 1.02. The van der Waals surface area contributed by atoms with Gasteiger partial charge in [-0.05, 0) is 24.1 Å². The molecule has 1 aromatic carbocycles. The van der Waals surface area contributed by atoms with E-state index in [0.29, 0.717) is 23.1 Å². The van der Waals surface area contributed by atoms with Crippen molar-refractivity contribution in [2.24, 2.45) is 0 Å². The van der Waals surface area contributed by atoms with E-state index in [1.54, 1.807) is 6.07 Å². The van der Waals surface area contributed by atoms with Crippen LogP contribution in [-0.2, 0) is 11.2 Å². The zero-order valence-electron chi connectivity index (χ0n) is 13.0. The van der Waals surface area contributed by atoms with Crippen LogP contribution >= 0.6 is 23.2 Å². The fourth-order valence-electron chi connectivity index (χ4n) is 3.39. The maximum atomic E-state index is 12.2. The Hall–Kier alpha value is -0.520. The molecule has 0 saturated carbocycles. The number of quaternary nitrogens is 1. The van der Waals surface area contributed by atoms with Gasteiger partial charge in [-0.2, -0.15) is 0 Å². The molecule has 3 aliphatic heterocycles. The Morgan fingerprint density at radius 3 is 2.43 bits per heavy atom. The molecule has 0 radical (unpaired) electrons. The summed E-state index contributed by atoms with van der Waals surface area (Å²) in [7, 11) is 0. The lowest BCUT2D eigenvalue weighted by Gasteiger charge is -2.50. The van der Waals surface area contributed by atoms with E-state index in [0.717, 1.165) is 55.7 Å². The van der Waals surface area contributed by atoms with Gasteiger partial charge in [0.25, 0.3) is 5.91 Å². The van der Waals surface area contributed by atoms with Crippen LogP contribution in [0.2, 0.25) is 10.0 Å². The average Bonchev–Trinajstić information content (AvgIpc) is 2.51. The lowest BCUT2D eigenvalue weighted by atomic mass is 10.1. The summed E-state index contributed by atoms with van der Waals surface area (Å²) in [6, 6.07) is 5.49. The van der Waals surface area contributed by atoms with Crippen LogP contribution in [0.1, 0.15) is 5.56 Å². The number of nitrogens with one attached hydrogen (secondary N) is 1. The first kappa shape index (κ1) is 18.8. The van der Waals surface area contributed by atoms with Gasteiger partial charge in [0.05, 0.1) is 19.6 Å². The summed E-state index contributed by atoms with van der Waals surface area (Å²) in [6.07, 6.45) is 0.732. The lowest BCUT2D eigenvalue weighted by molar-refractivity contribution is -0.933. The zero-order valence-corrected chi connectivity index (χ0v) is 15.3. The summed E-state index contributed by atoms with van der Waals surface area (Å²) < 4.78 is 0.962. The molecule has 1 N–H and O–H groups in total. The van der Waals surface area contributed by atoms with Gasteiger partial charge in [-0.15, -0.1) is 0 Å². The molecule has 3 heterocycles. The van der Waals surface area contributed by atoms with Crippen molar-refractivity contribution >= 4 is 29.1 Å². The third-order valence-corrected chi connectivity index (χ3v) is 5.47. The Bertz CT molecular complexity index is 546. The first-order valence-electron chi connectivity index (χ1n) is 7.84. The highest BCUT2D eigenvalue weighted by Gasteiger charge is 2.39. The first-order chi connectivity index (χ1) is 10.6. The molecule has 4 rings (SSSR count). The van der Waals surface area contributed by atoms with Gasteiger partial charge in [-0.3, -0.25) is 9.69 Å². The van der Waals surface area contributed by atoms with Gasteiger partial charge in [0, 0.05) is 36.2 Å². The lowest BCUT2D eigenvalue weighted by Crippen LogP contribution is -3.00. The standard InChI is InChI=1S/C16H21Cl2N3O.ClH/c17-14-2-1-13(15(18)11-14)3-4-19-16(22)12-21-8-5-20(6-9-21)7-10-21;/h1-2,11H,3-10,12H2;1H. The Morgan fingerprint density at radius 2 is 1.83 bits per heavy atom. The van der Waals surface area contributed by atoms with Crippen LogP contribution in [0.15, 0.2) is 18.2 Å². The SMILES string of the molecule is O=C(C[N+]12CCN(CC1)CC2)NCCc1ccc(Cl)cc1Cl.[Cl-].